The molecule has 0 aliphatic carbocycles. The van der Waals surface area contributed by atoms with Gasteiger partial charge in [0.25, 0.3) is 0 Å². The molecule has 0 bridgehead atoms. The van der Waals surface area contributed by atoms with E-state index in [9.17, 15) is 0 Å². The van der Waals surface area contributed by atoms with Gasteiger partial charge in [0, 0.05) is 6.42 Å². The summed E-state index contributed by atoms with van der Waals surface area (Å²) in [5.74, 6) is 3.54. The van der Waals surface area contributed by atoms with Crippen LogP contribution in [-0.2, 0) is 0 Å². The van der Waals surface area contributed by atoms with E-state index in [1.165, 1.54) is 0 Å². The molecule has 0 spiro atoms. The molecular weight excluding hydrogens is 294 g/mol. The van der Waals surface area contributed by atoms with Crippen molar-refractivity contribution in [3.8, 4) is 11.5 Å². The number of nitrogens with two attached hydrogens (primary N) is 1. The fourth-order valence-corrected chi connectivity index (χ4v) is 2.82. The summed E-state index contributed by atoms with van der Waals surface area (Å²) in [5.41, 5.74) is 6.99. The second-order valence-electron chi connectivity index (χ2n) is 5.53. The first-order valence-corrected chi connectivity index (χ1v) is 7.48. The van der Waals surface area contributed by atoms with Gasteiger partial charge in [-0.15, -0.1) is 0 Å². The minimum atomic E-state index is -0.0635. The molecule has 0 radical (unpaired) electrons. The molecule has 1 aliphatic rings. The van der Waals surface area contributed by atoms with E-state index in [-0.39, 0.29) is 12.1 Å². The van der Waals surface area contributed by atoms with E-state index in [2.05, 4.69) is 10.3 Å². The average Bonchev–Trinajstić information content (AvgIpc) is 3.00. The first-order valence-electron chi connectivity index (χ1n) is 7.48. The van der Waals surface area contributed by atoms with Crippen molar-refractivity contribution in [1.82, 2.24) is 5.32 Å². The maximum absolute atomic E-state index is 5.96. The molecule has 2 aromatic rings. The van der Waals surface area contributed by atoms with Gasteiger partial charge < -0.3 is 24.9 Å². The molecule has 1 aliphatic heterocycles. The molecule has 2 heterocycles. The maximum atomic E-state index is 5.96. The zero-order valence-electron chi connectivity index (χ0n) is 13.5. The van der Waals surface area contributed by atoms with Gasteiger partial charge in [-0.05, 0) is 36.8 Å². The molecule has 2 unspecified atom stereocenters. The predicted octanol–water partition coefficient (Wildman–Crippen LogP) is 2.70. The standard InChI is InChI=1S/C17H21N3O3/c1-10-4-6-14(23-10)13-9-12(19-17(18)20-13)11-5-7-15(21-2)16(8-11)22-3/h4-8,12-13H,9H2,1-3H3,(H3,18,19,20). The topological polar surface area (TPSA) is 82.0 Å². The lowest BCUT2D eigenvalue weighted by atomic mass is 9.96. The summed E-state index contributed by atoms with van der Waals surface area (Å²) in [7, 11) is 3.24. The van der Waals surface area contributed by atoms with E-state index in [0.29, 0.717) is 17.5 Å². The number of nitrogens with zero attached hydrogens (tertiary/aromatic N) is 1. The van der Waals surface area contributed by atoms with E-state index in [1.54, 1.807) is 14.2 Å². The molecule has 6 nitrogen and oxygen atoms in total. The van der Waals surface area contributed by atoms with Crippen molar-refractivity contribution >= 4 is 5.96 Å². The SMILES string of the molecule is COc1ccc(C2CC(c3ccc(C)o3)NC(N)=N2)cc1OC. The Hall–Kier alpha value is -2.63. The number of hydrogen-bond donors (Lipinski definition) is 2. The maximum Gasteiger partial charge on any atom is 0.189 e. The Morgan fingerprint density at radius 3 is 2.61 bits per heavy atom. The fourth-order valence-electron chi connectivity index (χ4n) is 2.82. The number of rotatable bonds is 4. The van der Waals surface area contributed by atoms with Crippen LogP contribution >= 0.6 is 0 Å². The van der Waals surface area contributed by atoms with Crippen molar-refractivity contribution in [3.63, 3.8) is 0 Å². The highest BCUT2D eigenvalue weighted by Crippen LogP contribution is 2.36. The molecule has 0 amide bonds. The third-order valence-corrected chi connectivity index (χ3v) is 3.97. The molecule has 0 saturated heterocycles. The smallest absolute Gasteiger partial charge is 0.189 e. The second-order valence-corrected chi connectivity index (χ2v) is 5.53. The van der Waals surface area contributed by atoms with Crippen molar-refractivity contribution in [2.45, 2.75) is 25.4 Å². The number of aryl methyl sites for hydroxylation is 1. The van der Waals surface area contributed by atoms with Gasteiger partial charge in [-0.1, -0.05) is 6.07 Å². The van der Waals surface area contributed by atoms with E-state index >= 15 is 0 Å². The highest BCUT2D eigenvalue weighted by molar-refractivity contribution is 5.79. The van der Waals surface area contributed by atoms with Crippen LogP contribution in [-0.4, -0.2) is 20.2 Å². The summed E-state index contributed by atoms with van der Waals surface area (Å²) >= 11 is 0. The minimum Gasteiger partial charge on any atom is -0.493 e. The highest BCUT2D eigenvalue weighted by Gasteiger charge is 2.27. The molecule has 3 N–H and O–H groups in total. The zero-order valence-corrected chi connectivity index (χ0v) is 13.5. The quantitative estimate of drug-likeness (QED) is 0.906. The summed E-state index contributed by atoms with van der Waals surface area (Å²) in [6.45, 7) is 1.93. The summed E-state index contributed by atoms with van der Waals surface area (Å²) in [5, 5.41) is 3.17. The van der Waals surface area contributed by atoms with Gasteiger partial charge in [0.15, 0.2) is 17.5 Å². The third kappa shape index (κ3) is 3.11. The van der Waals surface area contributed by atoms with Crippen LogP contribution in [0.3, 0.4) is 0 Å². The number of hydrogen-bond acceptors (Lipinski definition) is 6. The van der Waals surface area contributed by atoms with Crippen LogP contribution in [0.25, 0.3) is 0 Å². The Bertz CT molecular complexity index is 724. The normalized spacial score (nSPS) is 20.6. The highest BCUT2D eigenvalue weighted by atomic mass is 16.5. The predicted molar refractivity (Wildman–Crippen MR) is 87.8 cm³/mol. The van der Waals surface area contributed by atoms with E-state index in [0.717, 1.165) is 23.5 Å². The molecule has 0 fully saturated rings. The number of guanidine groups is 1. The molecule has 122 valence electrons. The van der Waals surface area contributed by atoms with Crippen LogP contribution in [0.15, 0.2) is 39.7 Å². The number of ether oxygens (including phenoxy) is 2. The van der Waals surface area contributed by atoms with Gasteiger partial charge >= 0.3 is 0 Å². The minimum absolute atomic E-state index is 0.000651. The molecule has 23 heavy (non-hydrogen) atoms. The first kappa shape index (κ1) is 15.3. The van der Waals surface area contributed by atoms with E-state index in [1.807, 2.05) is 37.3 Å². The lowest BCUT2D eigenvalue weighted by Gasteiger charge is -2.27. The number of aliphatic imine (C=N–C) groups is 1. The third-order valence-electron chi connectivity index (χ3n) is 3.97. The summed E-state index contributed by atoms with van der Waals surface area (Å²) < 4.78 is 16.4. The Balaban J connectivity index is 1.88. The van der Waals surface area contributed by atoms with Crippen LogP contribution in [0.4, 0.5) is 0 Å². The number of furan rings is 1. The summed E-state index contributed by atoms with van der Waals surface area (Å²) in [4.78, 5) is 4.51. The van der Waals surface area contributed by atoms with Gasteiger partial charge in [-0.2, -0.15) is 0 Å². The van der Waals surface area contributed by atoms with Gasteiger partial charge in [-0.3, -0.25) is 0 Å². The summed E-state index contributed by atoms with van der Waals surface area (Å²) in [6.07, 6.45) is 0.753. The largest absolute Gasteiger partial charge is 0.493 e. The Kier molecular flexibility index (Phi) is 4.14. The Morgan fingerprint density at radius 1 is 1.17 bits per heavy atom. The van der Waals surface area contributed by atoms with Crippen LogP contribution in [0.2, 0.25) is 0 Å². The lowest BCUT2D eigenvalue weighted by molar-refractivity contribution is 0.353. The van der Waals surface area contributed by atoms with E-state index < -0.39 is 0 Å². The van der Waals surface area contributed by atoms with Crippen LogP contribution < -0.4 is 20.5 Å². The molecule has 0 saturated carbocycles. The Morgan fingerprint density at radius 2 is 1.96 bits per heavy atom. The van der Waals surface area contributed by atoms with Gasteiger partial charge in [0.1, 0.15) is 11.5 Å². The van der Waals surface area contributed by atoms with Crippen LogP contribution in [0.1, 0.15) is 35.6 Å². The van der Waals surface area contributed by atoms with Crippen molar-refractivity contribution in [3.05, 3.63) is 47.4 Å². The van der Waals surface area contributed by atoms with Gasteiger partial charge in [0.05, 0.1) is 26.3 Å². The monoisotopic (exact) mass is 315 g/mol. The number of benzene rings is 1. The molecule has 1 aromatic heterocycles. The van der Waals surface area contributed by atoms with Crippen LogP contribution in [0, 0.1) is 6.92 Å². The van der Waals surface area contributed by atoms with E-state index in [4.69, 9.17) is 19.6 Å². The summed E-state index contributed by atoms with van der Waals surface area (Å²) in [6, 6.07) is 9.66. The first-order chi connectivity index (χ1) is 11.1. The fraction of sp³-hybridized carbons (Fsp3) is 0.353. The molecule has 2 atom stereocenters. The van der Waals surface area contributed by atoms with Gasteiger partial charge in [-0.25, -0.2) is 4.99 Å². The lowest BCUT2D eigenvalue weighted by Crippen LogP contribution is -2.39. The number of methoxy groups -OCH3 is 2. The van der Waals surface area contributed by atoms with Gasteiger partial charge in [0.2, 0.25) is 0 Å². The molecule has 3 rings (SSSR count). The number of nitrogens with one attached hydrogen (secondary N) is 1. The molecule has 1 aromatic carbocycles. The average molecular weight is 315 g/mol. The zero-order chi connectivity index (χ0) is 16.4. The van der Waals surface area contributed by atoms with Crippen molar-refractivity contribution in [1.29, 1.82) is 0 Å². The van der Waals surface area contributed by atoms with Crippen LogP contribution in [0.5, 0.6) is 11.5 Å². The molecular formula is C17H21N3O3. The van der Waals surface area contributed by atoms with Crippen molar-refractivity contribution in [2.75, 3.05) is 14.2 Å². The molecule has 6 heteroatoms. The van der Waals surface area contributed by atoms with Crippen molar-refractivity contribution < 1.29 is 13.9 Å². The second kappa shape index (κ2) is 6.24. The van der Waals surface area contributed by atoms with Crippen molar-refractivity contribution in [2.24, 2.45) is 10.7 Å². The Labute approximate surface area is 135 Å².